The van der Waals surface area contributed by atoms with Gasteiger partial charge in [-0.1, -0.05) is 42.1 Å². The Morgan fingerprint density at radius 3 is 2.36 bits per heavy atom. The Bertz CT molecular complexity index is 1460. The minimum absolute atomic E-state index is 0.0643. The molecule has 0 amide bonds. The molecule has 5 aromatic rings. The SMILES string of the molecule is O=C(CSc1nc2ccccc2c(=O)n1-c1ccc(Oc2ccccc2)cc1)c1ccc[nH]1. The highest BCUT2D eigenvalue weighted by atomic mass is 32.2. The number of ether oxygens (including phenoxy) is 1. The van der Waals surface area contributed by atoms with Gasteiger partial charge in [0, 0.05) is 6.20 Å². The van der Waals surface area contributed by atoms with Gasteiger partial charge in [-0.25, -0.2) is 4.98 Å². The average molecular weight is 454 g/mol. The molecule has 2 aromatic heterocycles. The van der Waals surface area contributed by atoms with Crippen LogP contribution < -0.4 is 10.3 Å². The number of hydrogen-bond donors (Lipinski definition) is 1. The van der Waals surface area contributed by atoms with Crippen LogP contribution in [-0.4, -0.2) is 26.1 Å². The number of fused-ring (bicyclic) bond motifs is 1. The molecule has 0 aliphatic heterocycles. The van der Waals surface area contributed by atoms with Gasteiger partial charge < -0.3 is 9.72 Å². The lowest BCUT2D eigenvalue weighted by atomic mass is 10.2. The summed E-state index contributed by atoms with van der Waals surface area (Å²) in [7, 11) is 0. The number of aromatic amines is 1. The van der Waals surface area contributed by atoms with Gasteiger partial charge in [0.25, 0.3) is 5.56 Å². The molecule has 0 unspecified atom stereocenters. The van der Waals surface area contributed by atoms with Gasteiger partial charge in [-0.2, -0.15) is 0 Å². The number of H-pyrrole nitrogens is 1. The molecule has 1 N–H and O–H groups in total. The molecular formula is C26H19N3O3S. The summed E-state index contributed by atoms with van der Waals surface area (Å²) in [6.07, 6.45) is 1.71. The molecule has 0 radical (unpaired) electrons. The van der Waals surface area contributed by atoms with Crippen LogP contribution in [0.4, 0.5) is 0 Å². The second kappa shape index (κ2) is 9.18. The molecule has 33 heavy (non-hydrogen) atoms. The summed E-state index contributed by atoms with van der Waals surface area (Å²) in [6, 6.07) is 27.5. The van der Waals surface area contributed by atoms with Gasteiger partial charge in [0.2, 0.25) is 0 Å². The van der Waals surface area contributed by atoms with Crippen molar-refractivity contribution in [1.29, 1.82) is 0 Å². The Kier molecular flexibility index (Phi) is 5.78. The van der Waals surface area contributed by atoms with Gasteiger partial charge in [0.1, 0.15) is 11.5 Å². The van der Waals surface area contributed by atoms with E-state index in [0.717, 1.165) is 5.75 Å². The molecule has 6 nitrogen and oxygen atoms in total. The zero-order chi connectivity index (χ0) is 22.6. The summed E-state index contributed by atoms with van der Waals surface area (Å²) in [6.45, 7) is 0. The quantitative estimate of drug-likeness (QED) is 0.201. The molecule has 0 saturated carbocycles. The van der Waals surface area contributed by atoms with Crippen molar-refractivity contribution in [2.24, 2.45) is 0 Å². The first-order valence-electron chi connectivity index (χ1n) is 10.3. The van der Waals surface area contributed by atoms with Gasteiger partial charge in [-0.3, -0.25) is 14.2 Å². The molecule has 0 saturated heterocycles. The number of nitrogens with one attached hydrogen (secondary N) is 1. The first-order chi connectivity index (χ1) is 16.2. The number of nitrogens with zero attached hydrogens (tertiary/aromatic N) is 2. The van der Waals surface area contributed by atoms with Crippen LogP contribution in [0.15, 0.2) is 107 Å². The highest BCUT2D eigenvalue weighted by Gasteiger charge is 2.16. The van der Waals surface area contributed by atoms with Crippen molar-refractivity contribution in [2.45, 2.75) is 5.16 Å². The molecule has 0 fully saturated rings. The van der Waals surface area contributed by atoms with E-state index in [1.165, 1.54) is 11.8 Å². The molecule has 2 heterocycles. The van der Waals surface area contributed by atoms with Crippen LogP contribution in [0.5, 0.6) is 11.5 Å². The normalized spacial score (nSPS) is 10.9. The van der Waals surface area contributed by atoms with E-state index in [4.69, 9.17) is 4.74 Å². The van der Waals surface area contributed by atoms with Crippen molar-refractivity contribution in [2.75, 3.05) is 5.75 Å². The van der Waals surface area contributed by atoms with Crippen molar-refractivity contribution < 1.29 is 9.53 Å². The smallest absolute Gasteiger partial charge is 0.266 e. The predicted octanol–water partition coefficient (Wildman–Crippen LogP) is 5.48. The van der Waals surface area contributed by atoms with Crippen LogP contribution in [0, 0.1) is 0 Å². The van der Waals surface area contributed by atoms with Gasteiger partial charge in [-0.05, 0) is 60.7 Å². The minimum Gasteiger partial charge on any atom is -0.457 e. The molecule has 0 aliphatic carbocycles. The number of carbonyl (C=O) groups excluding carboxylic acids is 1. The predicted molar refractivity (Wildman–Crippen MR) is 130 cm³/mol. The zero-order valence-electron chi connectivity index (χ0n) is 17.5. The third-order valence-electron chi connectivity index (χ3n) is 5.05. The first kappa shape index (κ1) is 20.8. The molecule has 0 spiro atoms. The maximum Gasteiger partial charge on any atom is 0.266 e. The summed E-state index contributed by atoms with van der Waals surface area (Å²) in [5.41, 5.74) is 1.58. The van der Waals surface area contributed by atoms with E-state index >= 15 is 0 Å². The van der Waals surface area contributed by atoms with E-state index in [1.54, 1.807) is 35.0 Å². The second-order valence-electron chi connectivity index (χ2n) is 7.26. The fourth-order valence-corrected chi connectivity index (χ4v) is 4.33. The van der Waals surface area contributed by atoms with Crippen LogP contribution in [0.25, 0.3) is 16.6 Å². The number of para-hydroxylation sites is 2. The minimum atomic E-state index is -0.188. The van der Waals surface area contributed by atoms with Crippen LogP contribution in [0.3, 0.4) is 0 Å². The lowest BCUT2D eigenvalue weighted by Crippen LogP contribution is -2.22. The van der Waals surface area contributed by atoms with Crippen molar-refractivity contribution >= 4 is 28.4 Å². The number of rotatable bonds is 7. The van der Waals surface area contributed by atoms with Crippen molar-refractivity contribution in [3.05, 3.63) is 113 Å². The number of benzene rings is 3. The summed E-state index contributed by atoms with van der Waals surface area (Å²) >= 11 is 1.24. The molecule has 0 bridgehead atoms. The third kappa shape index (κ3) is 4.44. The van der Waals surface area contributed by atoms with Gasteiger partial charge in [-0.15, -0.1) is 0 Å². The van der Waals surface area contributed by atoms with Crippen LogP contribution in [0.2, 0.25) is 0 Å². The Hall–Kier alpha value is -4.10. The maximum absolute atomic E-state index is 13.4. The largest absolute Gasteiger partial charge is 0.457 e. The zero-order valence-corrected chi connectivity index (χ0v) is 18.3. The number of Topliss-reactive ketones (excluding diaryl/α,β-unsaturated/α-hetero) is 1. The monoisotopic (exact) mass is 453 g/mol. The number of ketones is 1. The van der Waals surface area contributed by atoms with Crippen LogP contribution in [0.1, 0.15) is 10.5 Å². The Labute approximate surface area is 193 Å². The van der Waals surface area contributed by atoms with Gasteiger partial charge in [0.15, 0.2) is 10.9 Å². The van der Waals surface area contributed by atoms with Crippen molar-refractivity contribution in [1.82, 2.24) is 14.5 Å². The molecule has 0 aliphatic rings. The van der Waals surface area contributed by atoms with Crippen molar-refractivity contribution in [3.63, 3.8) is 0 Å². The number of aromatic nitrogens is 3. The van der Waals surface area contributed by atoms with Gasteiger partial charge >= 0.3 is 0 Å². The molecule has 5 rings (SSSR count). The summed E-state index contributed by atoms with van der Waals surface area (Å²) in [5.74, 6) is 1.47. The molecule has 162 valence electrons. The summed E-state index contributed by atoms with van der Waals surface area (Å²) < 4.78 is 7.41. The lowest BCUT2D eigenvalue weighted by Gasteiger charge is -2.14. The first-order valence-corrected chi connectivity index (χ1v) is 11.3. The molecular weight excluding hydrogens is 434 g/mol. The lowest BCUT2D eigenvalue weighted by molar-refractivity contribution is 0.101. The van der Waals surface area contributed by atoms with Gasteiger partial charge in [0.05, 0.1) is 28.0 Å². The average Bonchev–Trinajstić information content (AvgIpc) is 3.39. The molecule has 7 heteroatoms. The maximum atomic E-state index is 13.4. The van der Waals surface area contributed by atoms with E-state index in [2.05, 4.69) is 9.97 Å². The summed E-state index contributed by atoms with van der Waals surface area (Å²) in [4.78, 5) is 33.5. The Morgan fingerprint density at radius 2 is 1.61 bits per heavy atom. The second-order valence-corrected chi connectivity index (χ2v) is 8.20. The fourth-order valence-electron chi connectivity index (χ4n) is 3.44. The van der Waals surface area contributed by atoms with E-state index in [0.29, 0.717) is 33.2 Å². The third-order valence-corrected chi connectivity index (χ3v) is 5.99. The standard InChI is InChI=1S/C26H19N3O3S/c30-24(23-11-6-16-27-23)17-33-26-28-22-10-5-4-9-21(22)25(31)29(26)18-12-14-20(15-13-18)32-19-7-2-1-3-8-19/h1-16,27H,17H2. The van der Waals surface area contributed by atoms with E-state index in [1.807, 2.05) is 66.7 Å². The summed E-state index contributed by atoms with van der Waals surface area (Å²) in [5, 5.41) is 0.970. The number of hydrogen-bond acceptors (Lipinski definition) is 5. The molecule has 0 atom stereocenters. The highest BCUT2D eigenvalue weighted by molar-refractivity contribution is 7.99. The number of carbonyl (C=O) groups is 1. The highest BCUT2D eigenvalue weighted by Crippen LogP contribution is 2.25. The number of thioether (sulfide) groups is 1. The van der Waals surface area contributed by atoms with Crippen LogP contribution >= 0.6 is 11.8 Å². The Balaban J connectivity index is 1.50. The Morgan fingerprint density at radius 1 is 0.879 bits per heavy atom. The van der Waals surface area contributed by atoms with E-state index in [9.17, 15) is 9.59 Å². The van der Waals surface area contributed by atoms with Crippen LogP contribution in [-0.2, 0) is 0 Å². The topological polar surface area (TPSA) is 77.0 Å². The van der Waals surface area contributed by atoms with Crippen molar-refractivity contribution in [3.8, 4) is 17.2 Å². The fraction of sp³-hybridized carbons (Fsp3) is 0.0385. The van der Waals surface area contributed by atoms with E-state index in [-0.39, 0.29) is 17.1 Å². The molecule has 3 aromatic carbocycles. The van der Waals surface area contributed by atoms with E-state index < -0.39 is 0 Å².